The molecule has 1 aliphatic heterocycles. The molecule has 0 bridgehead atoms. The first kappa shape index (κ1) is 5.31. The third-order valence-electron chi connectivity index (χ3n) is 0.771. The number of hydrazine groups is 1. The summed E-state index contributed by atoms with van der Waals surface area (Å²) in [6.07, 6.45) is 1.23. The van der Waals surface area contributed by atoms with Crippen LogP contribution in [0.25, 0.3) is 0 Å². The van der Waals surface area contributed by atoms with Crippen molar-refractivity contribution in [3.63, 3.8) is 0 Å². The summed E-state index contributed by atoms with van der Waals surface area (Å²) in [5.41, 5.74) is 2.99. The van der Waals surface area contributed by atoms with Gasteiger partial charge in [0.25, 0.3) is 0 Å². The van der Waals surface area contributed by atoms with Crippen molar-refractivity contribution in [1.82, 2.24) is 5.43 Å². The Bertz CT molecular complexity index is 75.0. The van der Waals surface area contributed by atoms with E-state index in [9.17, 15) is 0 Å². The lowest BCUT2D eigenvalue weighted by atomic mass is 10.5. The number of hydrogen-bond donors (Lipinski definition) is 1. The second-order valence-electron chi connectivity index (χ2n) is 1.35. The van der Waals surface area contributed by atoms with E-state index in [0.717, 1.165) is 12.3 Å². The van der Waals surface area contributed by atoms with Gasteiger partial charge in [0.2, 0.25) is 11.9 Å². The average Bonchev–Trinajstić information content (AvgIpc) is 1.69. The fourth-order valence-corrected chi connectivity index (χ4v) is 1.37. The van der Waals surface area contributed by atoms with E-state index in [0.29, 0.717) is 0 Å². The largest absolute Gasteiger partial charge is 0.313 e. The Hall–Kier alpha value is 0.170. The van der Waals surface area contributed by atoms with Crippen molar-refractivity contribution < 1.29 is 3.46 Å². The van der Waals surface area contributed by atoms with Gasteiger partial charge in [-0.25, -0.2) is 0 Å². The lowest BCUT2D eigenvalue weighted by Crippen LogP contribution is -2.27. The molecule has 0 atom stereocenters. The maximum atomic E-state index is 4.77. The minimum atomic E-state index is 1.04. The Labute approximate surface area is 52.5 Å². The molecule has 0 amide bonds. The van der Waals surface area contributed by atoms with Gasteiger partial charge in [0.15, 0.2) is 0 Å². The van der Waals surface area contributed by atoms with Crippen molar-refractivity contribution in [2.75, 3.05) is 12.3 Å². The average molecular weight is 135 g/mol. The van der Waals surface area contributed by atoms with Crippen molar-refractivity contribution in [2.24, 2.45) is 0 Å². The molecule has 0 unspecified atom stereocenters. The highest BCUT2D eigenvalue weighted by Crippen LogP contribution is 2.04. The summed E-state index contributed by atoms with van der Waals surface area (Å²) >= 11 is 6.43. The Morgan fingerprint density at radius 1 is 1.71 bits per heavy atom. The first-order chi connectivity index (χ1) is 3.39. The summed E-state index contributed by atoms with van der Waals surface area (Å²) in [7, 11) is 0. The second-order valence-corrected chi connectivity index (χ2v) is 2.98. The highest BCUT2D eigenvalue weighted by Gasteiger charge is 2.10. The molecule has 1 rings (SSSR count). The third-order valence-corrected chi connectivity index (χ3v) is 2.05. The van der Waals surface area contributed by atoms with Gasteiger partial charge in [0.1, 0.15) is 0 Å². The predicted octanol–water partition coefficient (Wildman–Crippen LogP) is 0.286. The third kappa shape index (κ3) is 1.61. The van der Waals surface area contributed by atoms with Gasteiger partial charge in [-0.3, -0.25) is 0 Å². The van der Waals surface area contributed by atoms with E-state index >= 15 is 0 Å². The molecule has 1 N–H and O–H groups in total. The monoisotopic (exact) mass is 135 g/mol. The van der Waals surface area contributed by atoms with Crippen molar-refractivity contribution in [3.05, 3.63) is 0 Å². The van der Waals surface area contributed by atoms with Crippen molar-refractivity contribution in [2.45, 2.75) is 6.42 Å². The molecule has 4 heteroatoms. The van der Waals surface area contributed by atoms with Gasteiger partial charge >= 0.3 is 12.4 Å². The van der Waals surface area contributed by atoms with Crippen LogP contribution >= 0.6 is 11.9 Å². The fourth-order valence-electron chi connectivity index (χ4n) is 0.436. The van der Waals surface area contributed by atoms with Gasteiger partial charge in [-0.2, -0.15) is 5.43 Å². The summed E-state index contributed by atoms with van der Waals surface area (Å²) in [5, 5.41) is 0. The van der Waals surface area contributed by atoms with Crippen LogP contribution in [0.5, 0.6) is 0 Å². The van der Waals surface area contributed by atoms with E-state index < -0.39 is 0 Å². The molecule has 0 aliphatic carbocycles. The number of nitrogens with zero attached hydrogens (tertiary/aromatic N) is 1. The Morgan fingerprint density at radius 2 is 2.57 bits per heavy atom. The normalized spacial score (nSPS) is 21.4. The van der Waals surface area contributed by atoms with E-state index in [4.69, 9.17) is 12.4 Å². The van der Waals surface area contributed by atoms with Crippen LogP contribution in [0.1, 0.15) is 6.42 Å². The van der Waals surface area contributed by atoms with Gasteiger partial charge in [0.05, 0.1) is 12.3 Å². The highest BCUT2D eigenvalue weighted by molar-refractivity contribution is 7.94. The van der Waals surface area contributed by atoms with Gasteiger partial charge in [-0.05, 0) is 6.42 Å². The minimum absolute atomic E-state index is 1.04. The zero-order valence-electron chi connectivity index (χ0n) is 3.89. The molecule has 1 saturated heterocycles. The molecule has 0 radical (unpaired) electrons. The lowest BCUT2D eigenvalue weighted by molar-refractivity contribution is -0.394. The zero-order valence-corrected chi connectivity index (χ0v) is 5.52. The van der Waals surface area contributed by atoms with Crippen LogP contribution in [-0.4, -0.2) is 15.8 Å². The predicted molar refractivity (Wildman–Crippen MR) is 32.7 cm³/mol. The molecule has 0 aromatic heterocycles. The topological polar surface area (TPSA) is 15.0 Å². The highest BCUT2D eigenvalue weighted by atomic mass is 32.2. The van der Waals surface area contributed by atoms with Crippen LogP contribution in [0.15, 0.2) is 0 Å². The van der Waals surface area contributed by atoms with E-state index in [1.165, 1.54) is 6.42 Å². The zero-order chi connectivity index (χ0) is 5.11. The lowest BCUT2D eigenvalue weighted by Gasteiger charge is -2.01. The fraction of sp³-hybridized carbons (Fsp3) is 1.00. The molecule has 1 heterocycles. The Kier molecular flexibility index (Phi) is 1.87. The molecule has 1 fully saturated rings. The number of nitrogens with one attached hydrogen (secondary N) is 1. The standard InChI is InChI=1S/C3H7N2S2/c6-5-4-2-1-3-7-5/h1-3H2,(H,4,6)/q+1. The molecule has 2 nitrogen and oxygen atoms in total. The Morgan fingerprint density at radius 3 is 2.86 bits per heavy atom. The van der Waals surface area contributed by atoms with Crippen LogP contribution in [0.2, 0.25) is 0 Å². The summed E-state index contributed by atoms with van der Waals surface area (Å²) < 4.78 is 1.64. The summed E-state index contributed by atoms with van der Waals surface area (Å²) in [4.78, 5) is 0. The second kappa shape index (κ2) is 2.47. The first-order valence-corrected chi connectivity index (χ1v) is 3.54. The van der Waals surface area contributed by atoms with E-state index in [-0.39, 0.29) is 0 Å². The molecule has 0 aromatic carbocycles. The maximum Gasteiger partial charge on any atom is 0.313 e. The molecular formula is C3H7N2S2+. The molecule has 0 spiro atoms. The van der Waals surface area contributed by atoms with Gasteiger partial charge < -0.3 is 0 Å². The quantitative estimate of drug-likeness (QED) is 0.379. The van der Waals surface area contributed by atoms with Crippen molar-refractivity contribution >= 4 is 24.4 Å². The first-order valence-electron chi connectivity index (χ1n) is 2.23. The number of rotatable bonds is 0. The maximum absolute atomic E-state index is 4.77. The van der Waals surface area contributed by atoms with E-state index in [2.05, 4.69) is 5.43 Å². The van der Waals surface area contributed by atoms with Gasteiger partial charge in [0, 0.05) is 3.46 Å². The van der Waals surface area contributed by atoms with Crippen LogP contribution in [-0.2, 0) is 12.4 Å². The van der Waals surface area contributed by atoms with E-state index in [1.807, 2.05) is 0 Å². The smallest absolute Gasteiger partial charge is 0.171 e. The molecule has 40 valence electrons. The SMILES string of the molecule is S=[N+]1NCCCS1. The van der Waals surface area contributed by atoms with Crippen LogP contribution < -0.4 is 5.43 Å². The summed E-state index contributed by atoms with van der Waals surface area (Å²) in [6.45, 7) is 1.04. The minimum Gasteiger partial charge on any atom is -0.171 e. The summed E-state index contributed by atoms with van der Waals surface area (Å²) in [5.74, 6) is 1.16. The van der Waals surface area contributed by atoms with Crippen LogP contribution in [0.3, 0.4) is 0 Å². The van der Waals surface area contributed by atoms with Gasteiger partial charge in [-0.1, -0.05) is 0 Å². The van der Waals surface area contributed by atoms with Crippen molar-refractivity contribution in [1.29, 1.82) is 0 Å². The molecular weight excluding hydrogens is 128 g/mol. The van der Waals surface area contributed by atoms with Gasteiger partial charge in [-0.15, -0.1) is 0 Å². The van der Waals surface area contributed by atoms with Crippen molar-refractivity contribution in [3.8, 4) is 0 Å². The molecule has 0 aromatic rings. The molecule has 7 heavy (non-hydrogen) atoms. The number of hydrogen-bond acceptors (Lipinski definition) is 2. The van der Waals surface area contributed by atoms with Crippen LogP contribution in [0, 0.1) is 0 Å². The molecule has 1 aliphatic rings. The van der Waals surface area contributed by atoms with E-state index in [1.54, 1.807) is 15.4 Å². The molecule has 0 saturated carbocycles. The Balaban J connectivity index is 2.25. The van der Waals surface area contributed by atoms with Crippen LogP contribution in [0.4, 0.5) is 0 Å². The summed E-state index contributed by atoms with van der Waals surface area (Å²) in [6, 6.07) is 0.